The van der Waals surface area contributed by atoms with Crippen molar-refractivity contribution in [1.29, 1.82) is 0 Å². The molecule has 0 radical (unpaired) electrons. The molecule has 1 unspecified atom stereocenters. The zero-order valence-corrected chi connectivity index (χ0v) is 14.7. The van der Waals surface area contributed by atoms with Gasteiger partial charge < -0.3 is 15.4 Å². The predicted octanol–water partition coefficient (Wildman–Crippen LogP) is 2.75. The van der Waals surface area contributed by atoms with Gasteiger partial charge >= 0.3 is 0 Å². The van der Waals surface area contributed by atoms with Gasteiger partial charge in [0.15, 0.2) is 6.10 Å². The monoisotopic (exact) mass is 360 g/mol. The van der Waals surface area contributed by atoms with Crippen LogP contribution in [-0.4, -0.2) is 27.7 Å². The van der Waals surface area contributed by atoms with E-state index in [0.717, 1.165) is 5.69 Å². The van der Waals surface area contributed by atoms with Crippen LogP contribution in [0.1, 0.15) is 18.2 Å². The van der Waals surface area contributed by atoms with Crippen molar-refractivity contribution in [2.75, 3.05) is 10.6 Å². The molecule has 8 heteroatoms. The van der Waals surface area contributed by atoms with Gasteiger partial charge in [-0.25, -0.2) is 0 Å². The smallest absolute Gasteiger partial charge is 0.265 e. The maximum Gasteiger partial charge on any atom is 0.265 e. The lowest BCUT2D eigenvalue weighted by Crippen LogP contribution is -2.34. The number of carbonyl (C=O) groups excluding carboxylic acids is 2. The number of hydrogen-bond donors (Lipinski definition) is 2. The van der Waals surface area contributed by atoms with E-state index in [1.807, 2.05) is 6.92 Å². The molecule has 1 aliphatic rings. The van der Waals surface area contributed by atoms with Gasteiger partial charge in [-0.1, -0.05) is 11.6 Å². The number of hydrogen-bond acceptors (Lipinski definition) is 4. The molecule has 3 rings (SSSR count). The van der Waals surface area contributed by atoms with Crippen molar-refractivity contribution in [3.63, 3.8) is 0 Å². The number of aryl methyl sites for hydroxylation is 2. The van der Waals surface area contributed by atoms with E-state index in [1.54, 1.807) is 42.9 Å². The molecule has 1 atom stereocenters. The molecule has 1 aromatic heterocycles. The highest BCUT2D eigenvalue weighted by Crippen LogP contribution is 2.32. The molecule has 0 saturated heterocycles. The molecule has 2 N–H and O–H groups in total. The van der Waals surface area contributed by atoms with E-state index >= 15 is 0 Å². The van der Waals surface area contributed by atoms with Gasteiger partial charge in [0.25, 0.3) is 5.91 Å². The lowest BCUT2D eigenvalue weighted by atomic mass is 10.2. The van der Waals surface area contributed by atoms with Crippen LogP contribution in [0.25, 0.3) is 6.08 Å². The molecular weight excluding hydrogens is 344 g/mol. The van der Waals surface area contributed by atoms with Gasteiger partial charge in [-0.05, 0) is 38.1 Å². The molecule has 0 fully saturated rings. The average Bonchev–Trinajstić information content (AvgIpc) is 2.79. The van der Waals surface area contributed by atoms with Crippen LogP contribution >= 0.6 is 11.6 Å². The first-order valence-electron chi connectivity index (χ1n) is 7.65. The van der Waals surface area contributed by atoms with Gasteiger partial charge in [0, 0.05) is 24.4 Å². The fraction of sp³-hybridized carbons (Fsp3) is 0.235. The number of anilines is 2. The zero-order chi connectivity index (χ0) is 18.1. The number of fused-ring (bicyclic) bond motifs is 1. The van der Waals surface area contributed by atoms with Crippen molar-refractivity contribution in [2.24, 2.45) is 7.05 Å². The van der Waals surface area contributed by atoms with Crippen molar-refractivity contribution in [1.82, 2.24) is 9.78 Å². The molecule has 0 bridgehead atoms. The first-order chi connectivity index (χ1) is 11.8. The zero-order valence-electron chi connectivity index (χ0n) is 14.0. The first-order valence-corrected chi connectivity index (χ1v) is 8.02. The summed E-state index contributed by atoms with van der Waals surface area (Å²) in [6.45, 7) is 3.49. The number of rotatable bonds is 3. The first kappa shape index (κ1) is 17.0. The molecule has 2 heterocycles. The molecule has 0 spiro atoms. The third kappa shape index (κ3) is 3.51. The van der Waals surface area contributed by atoms with Gasteiger partial charge in [0.2, 0.25) is 5.91 Å². The minimum Gasteiger partial charge on any atom is -0.479 e. The van der Waals surface area contributed by atoms with Crippen molar-refractivity contribution in [3.05, 3.63) is 40.7 Å². The van der Waals surface area contributed by atoms with Crippen LogP contribution in [0, 0.1) is 6.92 Å². The molecule has 1 aromatic carbocycles. The van der Waals surface area contributed by atoms with Gasteiger partial charge in [-0.15, -0.1) is 0 Å². The van der Waals surface area contributed by atoms with Gasteiger partial charge in [-0.3, -0.25) is 14.3 Å². The third-order valence-electron chi connectivity index (χ3n) is 3.78. The molecule has 0 aliphatic carbocycles. The van der Waals surface area contributed by atoms with Gasteiger partial charge in [0.05, 0.1) is 11.4 Å². The van der Waals surface area contributed by atoms with Crippen LogP contribution in [0.15, 0.2) is 24.3 Å². The normalized spacial score (nSPS) is 16.3. The van der Waals surface area contributed by atoms with Crippen LogP contribution in [0.3, 0.4) is 0 Å². The number of nitrogens with zero attached hydrogens (tertiary/aromatic N) is 2. The Morgan fingerprint density at radius 2 is 2.24 bits per heavy atom. The van der Waals surface area contributed by atoms with Crippen LogP contribution in [0.5, 0.6) is 5.75 Å². The number of halogens is 1. The number of amides is 2. The topological polar surface area (TPSA) is 85.3 Å². The Bertz CT molecular complexity index is 888. The molecule has 25 heavy (non-hydrogen) atoms. The summed E-state index contributed by atoms with van der Waals surface area (Å²) in [6, 6.07) is 5.05. The lowest BCUT2D eigenvalue weighted by molar-refractivity contribution is -0.122. The van der Waals surface area contributed by atoms with Crippen LogP contribution in [-0.2, 0) is 16.6 Å². The summed E-state index contributed by atoms with van der Waals surface area (Å²) >= 11 is 6.13. The summed E-state index contributed by atoms with van der Waals surface area (Å²) in [5, 5.41) is 10.1. The van der Waals surface area contributed by atoms with E-state index < -0.39 is 6.10 Å². The van der Waals surface area contributed by atoms with E-state index in [4.69, 9.17) is 16.3 Å². The average molecular weight is 361 g/mol. The van der Waals surface area contributed by atoms with Crippen molar-refractivity contribution >= 4 is 40.9 Å². The van der Waals surface area contributed by atoms with E-state index in [0.29, 0.717) is 27.8 Å². The van der Waals surface area contributed by atoms with Crippen LogP contribution in [0.2, 0.25) is 5.15 Å². The molecule has 130 valence electrons. The standard InChI is InChI=1S/C17H17ClN4O3/c1-9-12(16(18)22(3)21-9)5-7-15(23)19-11-4-6-14-13(8-11)20-17(24)10(2)25-14/h4-8,10H,1-3H3,(H,19,23)(H,20,24)/b7-5+. The van der Waals surface area contributed by atoms with E-state index in [9.17, 15) is 9.59 Å². The Hall–Kier alpha value is -2.80. The second-order valence-corrected chi connectivity index (χ2v) is 6.05. The van der Waals surface area contributed by atoms with Crippen LogP contribution < -0.4 is 15.4 Å². The molecular formula is C17H17ClN4O3. The summed E-state index contributed by atoms with van der Waals surface area (Å²) in [5.41, 5.74) is 2.50. The molecule has 2 amide bonds. The Morgan fingerprint density at radius 3 is 2.92 bits per heavy atom. The van der Waals surface area contributed by atoms with Gasteiger partial charge in [-0.2, -0.15) is 5.10 Å². The van der Waals surface area contributed by atoms with Crippen molar-refractivity contribution in [2.45, 2.75) is 20.0 Å². The molecule has 0 saturated carbocycles. The Balaban J connectivity index is 1.72. The quantitative estimate of drug-likeness (QED) is 0.824. The minimum absolute atomic E-state index is 0.224. The fourth-order valence-corrected chi connectivity index (χ4v) is 2.70. The highest BCUT2D eigenvalue weighted by molar-refractivity contribution is 6.31. The molecule has 2 aromatic rings. The second kappa shape index (κ2) is 6.60. The SMILES string of the molecule is Cc1nn(C)c(Cl)c1/C=C/C(=O)Nc1ccc2c(c1)NC(=O)C(C)O2. The number of ether oxygens (including phenoxy) is 1. The van der Waals surface area contributed by atoms with E-state index in [-0.39, 0.29) is 11.8 Å². The van der Waals surface area contributed by atoms with Crippen molar-refractivity contribution < 1.29 is 14.3 Å². The maximum absolute atomic E-state index is 12.1. The Kier molecular flexibility index (Phi) is 4.50. The van der Waals surface area contributed by atoms with E-state index in [1.165, 1.54) is 6.08 Å². The summed E-state index contributed by atoms with van der Waals surface area (Å²) in [7, 11) is 1.73. The third-order valence-corrected chi connectivity index (χ3v) is 4.22. The Labute approximate surface area is 149 Å². The summed E-state index contributed by atoms with van der Waals surface area (Å²) < 4.78 is 7.02. The highest BCUT2D eigenvalue weighted by Gasteiger charge is 2.23. The fourth-order valence-electron chi connectivity index (χ4n) is 2.47. The highest BCUT2D eigenvalue weighted by atomic mass is 35.5. The second-order valence-electron chi connectivity index (χ2n) is 5.70. The predicted molar refractivity (Wildman–Crippen MR) is 95.8 cm³/mol. The lowest BCUT2D eigenvalue weighted by Gasteiger charge is -2.23. The number of benzene rings is 1. The molecule has 1 aliphatic heterocycles. The van der Waals surface area contributed by atoms with Crippen molar-refractivity contribution in [3.8, 4) is 5.75 Å². The molecule has 7 nitrogen and oxygen atoms in total. The maximum atomic E-state index is 12.1. The summed E-state index contributed by atoms with van der Waals surface area (Å²) in [4.78, 5) is 23.8. The largest absolute Gasteiger partial charge is 0.479 e. The number of aromatic nitrogens is 2. The van der Waals surface area contributed by atoms with Gasteiger partial charge in [0.1, 0.15) is 10.9 Å². The van der Waals surface area contributed by atoms with Crippen LogP contribution in [0.4, 0.5) is 11.4 Å². The number of nitrogens with one attached hydrogen (secondary N) is 2. The number of carbonyl (C=O) groups is 2. The van der Waals surface area contributed by atoms with E-state index in [2.05, 4.69) is 15.7 Å². The summed E-state index contributed by atoms with van der Waals surface area (Å²) in [6.07, 6.45) is 2.46. The summed E-state index contributed by atoms with van der Waals surface area (Å²) in [5.74, 6) is 0.0201. The minimum atomic E-state index is -0.539. The Morgan fingerprint density at radius 1 is 1.48 bits per heavy atom.